The summed E-state index contributed by atoms with van der Waals surface area (Å²) >= 11 is 0. The van der Waals surface area contributed by atoms with Gasteiger partial charge in [0.1, 0.15) is 0 Å². The van der Waals surface area contributed by atoms with Crippen molar-refractivity contribution in [3.63, 3.8) is 0 Å². The summed E-state index contributed by atoms with van der Waals surface area (Å²) in [6.07, 6.45) is 6.18. The first kappa shape index (κ1) is 8.52. The molecule has 2 aliphatic carbocycles. The lowest BCUT2D eigenvalue weighted by molar-refractivity contribution is 0.0172. The summed E-state index contributed by atoms with van der Waals surface area (Å²) in [5, 5.41) is 19.1. The van der Waals surface area contributed by atoms with Crippen LogP contribution in [0, 0.1) is 11.8 Å². The van der Waals surface area contributed by atoms with Crippen LogP contribution in [0.1, 0.15) is 38.5 Å². The van der Waals surface area contributed by atoms with Gasteiger partial charge in [-0.1, -0.05) is 19.3 Å². The molecule has 0 aromatic carbocycles. The fourth-order valence-corrected chi connectivity index (χ4v) is 2.89. The molecule has 70 valence electrons. The maximum absolute atomic E-state index is 9.67. The van der Waals surface area contributed by atoms with E-state index in [1.54, 1.807) is 0 Å². The lowest BCUT2D eigenvalue weighted by Crippen LogP contribution is -2.25. The van der Waals surface area contributed by atoms with Crippen molar-refractivity contribution in [3.8, 4) is 0 Å². The molecule has 4 atom stereocenters. The van der Waals surface area contributed by atoms with Crippen molar-refractivity contribution < 1.29 is 10.2 Å². The summed E-state index contributed by atoms with van der Waals surface area (Å²) in [5.74, 6) is 1.01. The summed E-state index contributed by atoms with van der Waals surface area (Å²) in [7, 11) is 0. The standard InChI is InChI=1S/C10H18O2/c11-9-6-7-4-2-1-3-5-8(7)10(9)12/h7-12H,1-6H2. The van der Waals surface area contributed by atoms with E-state index < -0.39 is 12.2 Å². The molecule has 2 rings (SSSR count). The molecule has 0 aliphatic heterocycles. The first-order valence-electron chi connectivity index (χ1n) is 5.15. The largest absolute Gasteiger partial charge is 0.390 e. The Morgan fingerprint density at radius 3 is 2.50 bits per heavy atom. The van der Waals surface area contributed by atoms with Gasteiger partial charge >= 0.3 is 0 Å². The first-order chi connectivity index (χ1) is 5.79. The van der Waals surface area contributed by atoms with Crippen molar-refractivity contribution in [2.75, 3.05) is 0 Å². The smallest absolute Gasteiger partial charge is 0.0829 e. The number of rotatable bonds is 0. The summed E-state index contributed by atoms with van der Waals surface area (Å²) in [4.78, 5) is 0. The van der Waals surface area contributed by atoms with Gasteiger partial charge in [0.05, 0.1) is 12.2 Å². The summed E-state index contributed by atoms with van der Waals surface area (Å²) in [6, 6.07) is 0. The van der Waals surface area contributed by atoms with E-state index in [9.17, 15) is 10.2 Å². The van der Waals surface area contributed by atoms with Crippen molar-refractivity contribution in [1.29, 1.82) is 0 Å². The molecule has 0 amide bonds. The Labute approximate surface area is 73.6 Å². The molecule has 2 fully saturated rings. The van der Waals surface area contributed by atoms with Crippen LogP contribution in [0.4, 0.5) is 0 Å². The van der Waals surface area contributed by atoms with E-state index in [-0.39, 0.29) is 0 Å². The number of fused-ring (bicyclic) bond motifs is 1. The molecule has 4 unspecified atom stereocenters. The van der Waals surface area contributed by atoms with E-state index in [1.807, 2.05) is 0 Å². The lowest BCUT2D eigenvalue weighted by atomic mass is 9.90. The molecule has 0 saturated heterocycles. The van der Waals surface area contributed by atoms with E-state index in [2.05, 4.69) is 0 Å². The topological polar surface area (TPSA) is 40.5 Å². The molecule has 12 heavy (non-hydrogen) atoms. The molecule has 2 aliphatic rings. The van der Waals surface area contributed by atoms with Gasteiger partial charge < -0.3 is 10.2 Å². The predicted octanol–water partition coefficient (Wildman–Crippen LogP) is 1.31. The van der Waals surface area contributed by atoms with Gasteiger partial charge in [0, 0.05) is 0 Å². The molecule has 2 saturated carbocycles. The molecule has 2 nitrogen and oxygen atoms in total. The van der Waals surface area contributed by atoms with E-state index in [4.69, 9.17) is 0 Å². The number of aliphatic hydroxyl groups is 2. The monoisotopic (exact) mass is 170 g/mol. The van der Waals surface area contributed by atoms with Crippen LogP contribution in [0.2, 0.25) is 0 Å². The predicted molar refractivity (Wildman–Crippen MR) is 46.7 cm³/mol. The third-order valence-electron chi connectivity index (χ3n) is 3.60. The van der Waals surface area contributed by atoms with Crippen LogP contribution in [0.25, 0.3) is 0 Å². The van der Waals surface area contributed by atoms with Crippen LogP contribution < -0.4 is 0 Å². The van der Waals surface area contributed by atoms with Crippen LogP contribution in [0.3, 0.4) is 0 Å². The minimum Gasteiger partial charge on any atom is -0.390 e. The summed E-state index contributed by atoms with van der Waals surface area (Å²) in [6.45, 7) is 0. The fourth-order valence-electron chi connectivity index (χ4n) is 2.89. The molecule has 0 spiro atoms. The Bertz CT molecular complexity index is 158. The van der Waals surface area contributed by atoms with Crippen molar-refractivity contribution in [2.24, 2.45) is 11.8 Å². The SMILES string of the molecule is OC1CC2CCCCCC2C1O. The highest BCUT2D eigenvalue weighted by Crippen LogP contribution is 2.41. The molecule has 0 aromatic heterocycles. The maximum Gasteiger partial charge on any atom is 0.0829 e. The molecule has 0 radical (unpaired) electrons. The van der Waals surface area contributed by atoms with Gasteiger partial charge in [0.25, 0.3) is 0 Å². The zero-order valence-corrected chi connectivity index (χ0v) is 7.45. The Morgan fingerprint density at radius 2 is 1.67 bits per heavy atom. The van der Waals surface area contributed by atoms with Gasteiger partial charge in [-0.2, -0.15) is 0 Å². The van der Waals surface area contributed by atoms with Crippen LogP contribution in [0.5, 0.6) is 0 Å². The second kappa shape index (κ2) is 3.35. The Kier molecular flexibility index (Phi) is 2.37. The Balaban J connectivity index is 2.04. The van der Waals surface area contributed by atoms with Crippen LogP contribution >= 0.6 is 0 Å². The zero-order valence-electron chi connectivity index (χ0n) is 7.45. The van der Waals surface area contributed by atoms with Gasteiger partial charge in [-0.3, -0.25) is 0 Å². The van der Waals surface area contributed by atoms with Gasteiger partial charge in [0.15, 0.2) is 0 Å². The molecule has 0 bridgehead atoms. The third-order valence-corrected chi connectivity index (χ3v) is 3.60. The second-order valence-corrected chi connectivity index (χ2v) is 4.36. The Hall–Kier alpha value is -0.0800. The fraction of sp³-hybridized carbons (Fsp3) is 1.00. The van der Waals surface area contributed by atoms with Crippen molar-refractivity contribution in [3.05, 3.63) is 0 Å². The number of aliphatic hydroxyl groups excluding tert-OH is 2. The highest BCUT2D eigenvalue weighted by atomic mass is 16.3. The molecule has 0 aromatic rings. The van der Waals surface area contributed by atoms with Gasteiger partial charge in [0.2, 0.25) is 0 Å². The summed E-state index contributed by atoms with van der Waals surface area (Å²) < 4.78 is 0. The van der Waals surface area contributed by atoms with E-state index in [0.717, 1.165) is 12.8 Å². The third kappa shape index (κ3) is 1.38. The van der Waals surface area contributed by atoms with Crippen LogP contribution in [0.15, 0.2) is 0 Å². The zero-order chi connectivity index (χ0) is 8.55. The average Bonchev–Trinajstić information content (AvgIpc) is 2.30. The highest BCUT2D eigenvalue weighted by Gasteiger charge is 2.41. The Morgan fingerprint density at radius 1 is 0.917 bits per heavy atom. The maximum atomic E-state index is 9.67. The number of hydrogen-bond acceptors (Lipinski definition) is 2. The van der Waals surface area contributed by atoms with Gasteiger partial charge in [-0.15, -0.1) is 0 Å². The van der Waals surface area contributed by atoms with Crippen LogP contribution in [-0.2, 0) is 0 Å². The van der Waals surface area contributed by atoms with Crippen molar-refractivity contribution in [1.82, 2.24) is 0 Å². The van der Waals surface area contributed by atoms with Gasteiger partial charge in [-0.05, 0) is 31.1 Å². The highest BCUT2D eigenvalue weighted by molar-refractivity contribution is 4.91. The minimum atomic E-state index is -0.432. The number of hydrogen-bond donors (Lipinski definition) is 2. The molecule has 0 heterocycles. The van der Waals surface area contributed by atoms with E-state index in [1.165, 1.54) is 25.7 Å². The lowest BCUT2D eigenvalue weighted by Gasteiger charge is -2.18. The average molecular weight is 170 g/mol. The van der Waals surface area contributed by atoms with Crippen LogP contribution in [-0.4, -0.2) is 22.4 Å². The molecule has 2 N–H and O–H groups in total. The van der Waals surface area contributed by atoms with E-state index in [0.29, 0.717) is 11.8 Å². The normalized spacial score (nSPS) is 48.5. The van der Waals surface area contributed by atoms with Crippen molar-refractivity contribution in [2.45, 2.75) is 50.7 Å². The molecular weight excluding hydrogens is 152 g/mol. The van der Waals surface area contributed by atoms with E-state index >= 15 is 0 Å². The summed E-state index contributed by atoms with van der Waals surface area (Å²) in [5.41, 5.74) is 0. The molecular formula is C10H18O2. The quantitative estimate of drug-likeness (QED) is 0.575. The molecule has 2 heteroatoms. The van der Waals surface area contributed by atoms with Gasteiger partial charge in [-0.25, -0.2) is 0 Å². The second-order valence-electron chi connectivity index (χ2n) is 4.36. The minimum absolute atomic E-state index is 0.405. The van der Waals surface area contributed by atoms with Crippen molar-refractivity contribution >= 4 is 0 Å². The first-order valence-corrected chi connectivity index (χ1v) is 5.15.